The summed E-state index contributed by atoms with van der Waals surface area (Å²) < 4.78 is 5.42. The van der Waals surface area contributed by atoms with Crippen LogP contribution in [-0.2, 0) is 16.0 Å². The lowest BCUT2D eigenvalue weighted by Crippen LogP contribution is -2.41. The molecule has 2 unspecified atom stereocenters. The van der Waals surface area contributed by atoms with Gasteiger partial charge in [0.25, 0.3) is 0 Å². The van der Waals surface area contributed by atoms with Gasteiger partial charge < -0.3 is 15.4 Å². The van der Waals surface area contributed by atoms with E-state index in [1.165, 1.54) is 0 Å². The summed E-state index contributed by atoms with van der Waals surface area (Å²) in [5.74, 6) is 0.429. The topological polar surface area (TPSA) is 79.0 Å². The van der Waals surface area contributed by atoms with Gasteiger partial charge in [0.1, 0.15) is 0 Å². The van der Waals surface area contributed by atoms with Gasteiger partial charge in [-0.05, 0) is 19.4 Å². The number of H-pyrrole nitrogens is 1. The van der Waals surface area contributed by atoms with E-state index in [-0.39, 0.29) is 17.9 Å². The van der Waals surface area contributed by atoms with Crippen LogP contribution in [0.4, 0.5) is 5.82 Å². The molecule has 1 amide bonds. The van der Waals surface area contributed by atoms with Crippen molar-refractivity contribution in [1.82, 2.24) is 15.5 Å². The van der Waals surface area contributed by atoms with Crippen LogP contribution in [0.2, 0.25) is 0 Å². The summed E-state index contributed by atoms with van der Waals surface area (Å²) in [6, 6.07) is 2.00. The molecule has 1 fully saturated rings. The molecule has 112 valence electrons. The fourth-order valence-electron chi connectivity index (χ4n) is 2.39. The molecule has 2 atom stereocenters. The summed E-state index contributed by atoms with van der Waals surface area (Å²) in [5.41, 5.74) is 1.05. The number of carbonyl (C=O) groups excluding carboxylic acids is 1. The first-order valence-corrected chi connectivity index (χ1v) is 7.40. The number of hydrogen-bond donors (Lipinski definition) is 3. The monoisotopic (exact) mass is 280 g/mol. The molecule has 6 heteroatoms. The Kier molecular flexibility index (Phi) is 5.55. The van der Waals surface area contributed by atoms with Gasteiger partial charge in [-0.3, -0.25) is 9.89 Å². The number of aromatic amines is 1. The average Bonchev–Trinajstić information content (AvgIpc) is 3.06. The van der Waals surface area contributed by atoms with Crippen molar-refractivity contribution in [3.05, 3.63) is 11.8 Å². The maximum Gasteiger partial charge on any atom is 0.232 e. The van der Waals surface area contributed by atoms with Crippen molar-refractivity contribution in [1.29, 1.82) is 0 Å². The normalized spacial score (nSPS) is 22.1. The molecular formula is C14H24N4O2. The first-order chi connectivity index (χ1) is 9.74. The number of carbonyl (C=O) groups is 1. The van der Waals surface area contributed by atoms with E-state index >= 15 is 0 Å². The van der Waals surface area contributed by atoms with Gasteiger partial charge in [0, 0.05) is 17.8 Å². The smallest absolute Gasteiger partial charge is 0.232 e. The zero-order valence-corrected chi connectivity index (χ0v) is 12.2. The van der Waals surface area contributed by atoms with Gasteiger partial charge in [-0.15, -0.1) is 0 Å². The zero-order chi connectivity index (χ0) is 14.4. The van der Waals surface area contributed by atoms with Crippen LogP contribution in [0.3, 0.4) is 0 Å². The van der Waals surface area contributed by atoms with Crippen molar-refractivity contribution >= 4 is 11.7 Å². The van der Waals surface area contributed by atoms with E-state index in [2.05, 4.69) is 34.7 Å². The van der Waals surface area contributed by atoms with Gasteiger partial charge in [-0.2, -0.15) is 5.10 Å². The van der Waals surface area contributed by atoms with E-state index in [1.54, 1.807) is 0 Å². The summed E-state index contributed by atoms with van der Waals surface area (Å²) in [6.45, 7) is 6.19. The minimum absolute atomic E-state index is 0.0225. The highest BCUT2D eigenvalue weighted by molar-refractivity contribution is 5.92. The molecule has 2 rings (SSSR count). The van der Waals surface area contributed by atoms with E-state index in [4.69, 9.17) is 4.74 Å². The fourth-order valence-corrected chi connectivity index (χ4v) is 2.39. The van der Waals surface area contributed by atoms with Crippen LogP contribution >= 0.6 is 0 Å². The van der Waals surface area contributed by atoms with Crippen molar-refractivity contribution < 1.29 is 9.53 Å². The van der Waals surface area contributed by atoms with Gasteiger partial charge in [0.05, 0.1) is 19.1 Å². The number of aromatic nitrogens is 2. The Morgan fingerprint density at radius 1 is 1.45 bits per heavy atom. The van der Waals surface area contributed by atoms with Crippen LogP contribution in [0.25, 0.3) is 0 Å². The number of nitrogens with one attached hydrogen (secondary N) is 3. The van der Waals surface area contributed by atoms with Crippen molar-refractivity contribution in [3.8, 4) is 0 Å². The summed E-state index contributed by atoms with van der Waals surface area (Å²) in [7, 11) is 0. The lowest BCUT2D eigenvalue weighted by atomic mass is 10.0. The van der Waals surface area contributed by atoms with Gasteiger partial charge in [-0.25, -0.2) is 0 Å². The molecule has 1 aromatic rings. The maximum absolute atomic E-state index is 12.3. The predicted molar refractivity (Wildman–Crippen MR) is 77.6 cm³/mol. The van der Waals surface area contributed by atoms with Gasteiger partial charge >= 0.3 is 0 Å². The van der Waals surface area contributed by atoms with Crippen LogP contribution < -0.4 is 10.6 Å². The molecule has 20 heavy (non-hydrogen) atoms. The third-order valence-electron chi connectivity index (χ3n) is 3.48. The molecule has 0 radical (unpaired) electrons. The molecule has 1 aromatic heterocycles. The zero-order valence-electron chi connectivity index (χ0n) is 12.2. The predicted octanol–water partition coefficient (Wildman–Crippen LogP) is 1.32. The van der Waals surface area contributed by atoms with Crippen LogP contribution in [0.1, 0.15) is 32.4 Å². The second kappa shape index (κ2) is 7.40. The lowest BCUT2D eigenvalue weighted by Gasteiger charge is -2.17. The Hall–Kier alpha value is -1.40. The second-order valence-corrected chi connectivity index (χ2v) is 5.22. The van der Waals surface area contributed by atoms with Gasteiger partial charge in [-0.1, -0.05) is 20.3 Å². The Morgan fingerprint density at radius 2 is 2.30 bits per heavy atom. The highest BCUT2D eigenvalue weighted by atomic mass is 16.5. The molecule has 0 spiro atoms. The summed E-state index contributed by atoms with van der Waals surface area (Å²) in [6.07, 6.45) is 3.04. The first-order valence-electron chi connectivity index (χ1n) is 7.40. The standard InChI is InChI=1S/C14H24N4O2/c1-3-5-10-7-13(18-17-10)16-14(19)11-8-20-9-12(11)15-6-4-2/h7,11-12,15H,3-6,8-9H2,1-2H3,(H2,16,17,18,19). The molecule has 2 heterocycles. The number of hydrogen-bond acceptors (Lipinski definition) is 4. The fraction of sp³-hybridized carbons (Fsp3) is 0.714. The Bertz CT molecular complexity index is 433. The highest BCUT2D eigenvalue weighted by Crippen LogP contribution is 2.16. The summed E-state index contributed by atoms with van der Waals surface area (Å²) in [4.78, 5) is 12.3. The second-order valence-electron chi connectivity index (χ2n) is 5.22. The van der Waals surface area contributed by atoms with E-state index in [0.717, 1.165) is 31.5 Å². The SMILES string of the molecule is CCCNC1COCC1C(=O)Nc1cc(CCC)[nH]n1. The molecule has 0 aliphatic carbocycles. The number of anilines is 1. The quantitative estimate of drug-likeness (QED) is 0.704. The van der Waals surface area contributed by atoms with E-state index in [1.807, 2.05) is 6.07 Å². The van der Waals surface area contributed by atoms with Crippen LogP contribution in [0.5, 0.6) is 0 Å². The summed E-state index contributed by atoms with van der Waals surface area (Å²) >= 11 is 0. The van der Waals surface area contributed by atoms with E-state index < -0.39 is 0 Å². The number of ether oxygens (including phenoxy) is 1. The van der Waals surface area contributed by atoms with E-state index in [0.29, 0.717) is 19.0 Å². The summed E-state index contributed by atoms with van der Waals surface area (Å²) in [5, 5.41) is 13.3. The third-order valence-corrected chi connectivity index (χ3v) is 3.48. The molecule has 0 aromatic carbocycles. The number of aryl methyl sites for hydroxylation is 1. The minimum atomic E-state index is -0.145. The van der Waals surface area contributed by atoms with Crippen molar-refractivity contribution in [2.24, 2.45) is 5.92 Å². The van der Waals surface area contributed by atoms with Crippen molar-refractivity contribution in [3.63, 3.8) is 0 Å². The highest BCUT2D eigenvalue weighted by Gasteiger charge is 2.33. The molecular weight excluding hydrogens is 256 g/mol. The molecule has 6 nitrogen and oxygen atoms in total. The molecule has 0 bridgehead atoms. The number of nitrogens with zero attached hydrogens (tertiary/aromatic N) is 1. The van der Waals surface area contributed by atoms with Crippen LogP contribution in [0, 0.1) is 5.92 Å². The average molecular weight is 280 g/mol. The number of amides is 1. The third kappa shape index (κ3) is 3.80. The number of rotatable bonds is 7. The van der Waals surface area contributed by atoms with E-state index in [9.17, 15) is 4.79 Å². The molecule has 0 saturated carbocycles. The minimum Gasteiger partial charge on any atom is -0.379 e. The van der Waals surface area contributed by atoms with Gasteiger partial charge in [0.2, 0.25) is 5.91 Å². The molecule has 1 saturated heterocycles. The Balaban J connectivity index is 1.89. The Labute approximate surface area is 119 Å². The Morgan fingerprint density at radius 3 is 3.05 bits per heavy atom. The first kappa shape index (κ1) is 15.0. The van der Waals surface area contributed by atoms with Crippen molar-refractivity contribution in [2.45, 2.75) is 39.2 Å². The molecule has 3 N–H and O–H groups in total. The largest absolute Gasteiger partial charge is 0.379 e. The molecule has 1 aliphatic rings. The van der Waals surface area contributed by atoms with Crippen LogP contribution in [0.15, 0.2) is 6.07 Å². The van der Waals surface area contributed by atoms with Crippen molar-refractivity contribution in [2.75, 3.05) is 25.1 Å². The maximum atomic E-state index is 12.3. The molecule has 1 aliphatic heterocycles. The van der Waals surface area contributed by atoms with Gasteiger partial charge in [0.15, 0.2) is 5.82 Å². The lowest BCUT2D eigenvalue weighted by molar-refractivity contribution is -0.120. The van der Waals surface area contributed by atoms with Crippen LogP contribution in [-0.4, -0.2) is 41.9 Å².